The topological polar surface area (TPSA) is 82.8 Å². The predicted octanol–water partition coefficient (Wildman–Crippen LogP) is 0.0283. The highest BCUT2D eigenvalue weighted by molar-refractivity contribution is 9.10. The SMILES string of the molecule is CC(=O)c1[nH]c(=O)[nH]c(=O)c1Br. The Kier molecular flexibility index (Phi) is 2.27. The van der Waals surface area contributed by atoms with Gasteiger partial charge in [0.1, 0.15) is 10.2 Å². The fourth-order valence-electron chi connectivity index (χ4n) is 0.714. The molecule has 1 rings (SSSR count). The number of carbonyl (C=O) groups excluding carboxylic acids is 1. The highest BCUT2D eigenvalue weighted by Crippen LogP contribution is 2.05. The van der Waals surface area contributed by atoms with Crippen LogP contribution in [0, 0.1) is 0 Å². The maximum absolute atomic E-state index is 10.9. The molecule has 1 aromatic heterocycles. The van der Waals surface area contributed by atoms with Gasteiger partial charge in [-0.15, -0.1) is 0 Å². The maximum Gasteiger partial charge on any atom is 0.326 e. The molecule has 0 aliphatic carbocycles. The zero-order valence-corrected chi connectivity index (χ0v) is 7.69. The van der Waals surface area contributed by atoms with Gasteiger partial charge in [0.05, 0.1) is 0 Å². The van der Waals surface area contributed by atoms with Crippen molar-refractivity contribution in [3.8, 4) is 0 Å². The van der Waals surface area contributed by atoms with Crippen molar-refractivity contribution in [3.05, 3.63) is 31.0 Å². The van der Waals surface area contributed by atoms with E-state index in [9.17, 15) is 14.4 Å². The lowest BCUT2D eigenvalue weighted by Crippen LogP contribution is -2.26. The number of rotatable bonds is 1. The summed E-state index contributed by atoms with van der Waals surface area (Å²) in [6.07, 6.45) is 0. The molecule has 0 spiro atoms. The largest absolute Gasteiger partial charge is 0.326 e. The van der Waals surface area contributed by atoms with Crippen LogP contribution >= 0.6 is 15.9 Å². The van der Waals surface area contributed by atoms with Gasteiger partial charge in [-0.1, -0.05) is 0 Å². The summed E-state index contributed by atoms with van der Waals surface area (Å²) < 4.78 is 0.0506. The van der Waals surface area contributed by atoms with E-state index in [2.05, 4.69) is 20.9 Å². The summed E-state index contributed by atoms with van der Waals surface area (Å²) in [4.78, 5) is 36.6. The van der Waals surface area contributed by atoms with Gasteiger partial charge in [-0.2, -0.15) is 0 Å². The first-order chi connectivity index (χ1) is 5.52. The molecule has 0 aliphatic rings. The molecule has 12 heavy (non-hydrogen) atoms. The molecule has 0 radical (unpaired) electrons. The predicted molar refractivity (Wildman–Crippen MR) is 45.4 cm³/mol. The Hall–Kier alpha value is -1.17. The van der Waals surface area contributed by atoms with E-state index in [-0.39, 0.29) is 15.9 Å². The lowest BCUT2D eigenvalue weighted by Gasteiger charge is -1.95. The molecule has 64 valence electrons. The third-order valence-corrected chi connectivity index (χ3v) is 1.99. The molecule has 6 heteroatoms. The van der Waals surface area contributed by atoms with Gasteiger partial charge in [0.15, 0.2) is 5.78 Å². The van der Waals surface area contributed by atoms with Crippen molar-refractivity contribution < 1.29 is 4.79 Å². The van der Waals surface area contributed by atoms with Crippen LogP contribution in [-0.4, -0.2) is 15.8 Å². The first kappa shape index (κ1) is 8.92. The summed E-state index contributed by atoms with van der Waals surface area (Å²) in [5, 5.41) is 0. The second-order valence-corrected chi connectivity index (χ2v) is 2.95. The first-order valence-electron chi connectivity index (χ1n) is 3.05. The van der Waals surface area contributed by atoms with Crippen LogP contribution in [0.4, 0.5) is 0 Å². The van der Waals surface area contributed by atoms with Crippen LogP contribution in [0.1, 0.15) is 17.4 Å². The van der Waals surface area contributed by atoms with Crippen LogP contribution in [0.3, 0.4) is 0 Å². The summed E-state index contributed by atoms with van der Waals surface area (Å²) in [5.74, 6) is -0.370. The molecule has 0 bridgehead atoms. The monoisotopic (exact) mass is 232 g/mol. The number of ketones is 1. The van der Waals surface area contributed by atoms with Crippen LogP contribution in [0.2, 0.25) is 0 Å². The molecular formula is C6H5BrN2O3. The second-order valence-electron chi connectivity index (χ2n) is 2.15. The van der Waals surface area contributed by atoms with E-state index in [1.165, 1.54) is 6.92 Å². The number of Topliss-reactive ketones (excluding diaryl/α,β-unsaturated/α-hetero) is 1. The van der Waals surface area contributed by atoms with Crippen LogP contribution in [0.15, 0.2) is 14.1 Å². The molecule has 1 heterocycles. The molecule has 0 unspecified atom stereocenters. The third-order valence-electron chi connectivity index (χ3n) is 1.24. The van der Waals surface area contributed by atoms with Gasteiger partial charge in [-0.3, -0.25) is 14.6 Å². The normalized spacial score (nSPS) is 9.83. The summed E-state index contributed by atoms with van der Waals surface area (Å²) in [6.45, 7) is 1.26. The second kappa shape index (κ2) is 3.06. The highest BCUT2D eigenvalue weighted by Gasteiger charge is 2.09. The minimum absolute atomic E-state index is 0.0104. The zero-order valence-electron chi connectivity index (χ0n) is 6.10. The third kappa shape index (κ3) is 1.53. The Balaban J connectivity index is 3.59. The quantitative estimate of drug-likeness (QED) is 0.671. The van der Waals surface area contributed by atoms with Crippen molar-refractivity contribution in [1.29, 1.82) is 0 Å². The zero-order chi connectivity index (χ0) is 9.30. The summed E-state index contributed by atoms with van der Waals surface area (Å²) in [6, 6.07) is 0. The summed E-state index contributed by atoms with van der Waals surface area (Å²) >= 11 is 2.88. The average Bonchev–Trinajstić information content (AvgIpc) is 1.96. The fraction of sp³-hybridized carbons (Fsp3) is 0.167. The number of aromatic nitrogens is 2. The van der Waals surface area contributed by atoms with Crippen LogP contribution in [-0.2, 0) is 0 Å². The lowest BCUT2D eigenvalue weighted by atomic mass is 10.3. The van der Waals surface area contributed by atoms with Crippen LogP contribution in [0.5, 0.6) is 0 Å². The van der Waals surface area contributed by atoms with E-state index < -0.39 is 11.2 Å². The van der Waals surface area contributed by atoms with E-state index in [1.54, 1.807) is 0 Å². The van der Waals surface area contributed by atoms with Gasteiger partial charge in [-0.05, 0) is 15.9 Å². The molecular weight excluding hydrogens is 228 g/mol. The molecule has 0 saturated heterocycles. The van der Waals surface area contributed by atoms with Gasteiger partial charge >= 0.3 is 5.69 Å². The van der Waals surface area contributed by atoms with E-state index >= 15 is 0 Å². The number of hydrogen-bond donors (Lipinski definition) is 2. The van der Waals surface area contributed by atoms with Gasteiger partial charge in [-0.25, -0.2) is 4.79 Å². The van der Waals surface area contributed by atoms with Crippen LogP contribution < -0.4 is 11.2 Å². The average molecular weight is 233 g/mol. The number of hydrogen-bond acceptors (Lipinski definition) is 3. The van der Waals surface area contributed by atoms with E-state index in [4.69, 9.17) is 0 Å². The molecule has 2 N–H and O–H groups in total. The fourth-order valence-corrected chi connectivity index (χ4v) is 1.19. The Bertz CT molecular complexity index is 431. The molecule has 0 atom stereocenters. The van der Waals surface area contributed by atoms with Crippen molar-refractivity contribution in [3.63, 3.8) is 0 Å². The van der Waals surface area contributed by atoms with Crippen molar-refractivity contribution in [2.45, 2.75) is 6.92 Å². The number of aromatic amines is 2. The Morgan fingerprint density at radius 2 is 1.92 bits per heavy atom. The molecule has 0 aromatic carbocycles. The van der Waals surface area contributed by atoms with Crippen LogP contribution in [0.25, 0.3) is 0 Å². The smallest absolute Gasteiger partial charge is 0.303 e. The number of nitrogens with one attached hydrogen (secondary N) is 2. The Morgan fingerprint density at radius 3 is 2.42 bits per heavy atom. The molecule has 1 aromatic rings. The van der Waals surface area contributed by atoms with Crippen molar-refractivity contribution in [2.24, 2.45) is 0 Å². The molecule has 0 aliphatic heterocycles. The van der Waals surface area contributed by atoms with E-state index in [0.717, 1.165) is 0 Å². The molecule has 0 fully saturated rings. The van der Waals surface area contributed by atoms with Crippen molar-refractivity contribution in [2.75, 3.05) is 0 Å². The maximum atomic E-state index is 10.9. The summed E-state index contributed by atoms with van der Waals surface area (Å²) in [5.41, 5.74) is -1.30. The molecule has 0 amide bonds. The van der Waals surface area contributed by atoms with Crippen molar-refractivity contribution in [1.82, 2.24) is 9.97 Å². The number of H-pyrrole nitrogens is 2. The Morgan fingerprint density at radius 1 is 1.33 bits per heavy atom. The standard InChI is InChI=1S/C6H5BrN2O3/c1-2(10)4-3(7)5(11)9-6(12)8-4/h1H3,(H2,8,9,11,12). The van der Waals surface area contributed by atoms with E-state index in [1.807, 2.05) is 4.98 Å². The van der Waals surface area contributed by atoms with Gasteiger partial charge in [0.2, 0.25) is 0 Å². The highest BCUT2D eigenvalue weighted by atomic mass is 79.9. The van der Waals surface area contributed by atoms with Crippen molar-refractivity contribution >= 4 is 21.7 Å². The van der Waals surface area contributed by atoms with Gasteiger partial charge in [0, 0.05) is 6.92 Å². The minimum Gasteiger partial charge on any atom is -0.303 e. The number of carbonyl (C=O) groups is 1. The van der Waals surface area contributed by atoms with Gasteiger partial charge < -0.3 is 4.98 Å². The Labute approximate surface area is 75.0 Å². The first-order valence-corrected chi connectivity index (χ1v) is 3.84. The van der Waals surface area contributed by atoms with Gasteiger partial charge in [0.25, 0.3) is 5.56 Å². The molecule has 0 saturated carbocycles. The summed E-state index contributed by atoms with van der Waals surface area (Å²) in [7, 11) is 0. The minimum atomic E-state index is -0.687. The van der Waals surface area contributed by atoms with E-state index in [0.29, 0.717) is 0 Å². The molecule has 5 nitrogen and oxygen atoms in total. The number of halogens is 1. The lowest BCUT2D eigenvalue weighted by molar-refractivity contribution is 0.101.